The van der Waals surface area contributed by atoms with Crippen molar-refractivity contribution in [2.45, 2.75) is 56.7 Å². The normalized spacial score (nSPS) is 20.8. The second kappa shape index (κ2) is 6.87. The Morgan fingerprint density at radius 2 is 1.95 bits per heavy atom. The lowest BCUT2D eigenvalue weighted by Crippen LogP contribution is -2.45. The predicted molar refractivity (Wildman–Crippen MR) is 81.3 cm³/mol. The highest BCUT2D eigenvalue weighted by Crippen LogP contribution is 2.34. The third-order valence-corrected chi connectivity index (χ3v) is 4.78. The first-order valence-electron chi connectivity index (χ1n) is 7.14. The Bertz CT molecular complexity index is 397. The molecule has 0 amide bonds. The number of rotatable bonds is 4. The predicted octanol–water partition coefficient (Wildman–Crippen LogP) is 4.09. The van der Waals surface area contributed by atoms with Gasteiger partial charge >= 0.3 is 0 Å². The molecule has 3 heteroatoms. The average molecular weight is 327 g/mol. The first-order valence-corrected chi connectivity index (χ1v) is 7.93. The van der Waals surface area contributed by atoms with Crippen LogP contribution in [0.3, 0.4) is 0 Å². The van der Waals surface area contributed by atoms with E-state index in [1.54, 1.807) is 7.11 Å². The largest absolute Gasteiger partial charge is 0.390 e. The van der Waals surface area contributed by atoms with E-state index in [1.807, 2.05) is 12.1 Å². The molecule has 0 heterocycles. The van der Waals surface area contributed by atoms with Gasteiger partial charge in [0.25, 0.3) is 0 Å². The van der Waals surface area contributed by atoms with Crippen molar-refractivity contribution in [3.05, 3.63) is 34.3 Å². The average Bonchev–Trinajstić information content (AvgIpc) is 2.65. The quantitative estimate of drug-likeness (QED) is 0.844. The van der Waals surface area contributed by atoms with Gasteiger partial charge < -0.3 is 9.84 Å². The van der Waals surface area contributed by atoms with Gasteiger partial charge in [0.2, 0.25) is 0 Å². The highest BCUT2D eigenvalue weighted by atomic mass is 79.9. The third-order valence-electron chi connectivity index (χ3n) is 4.28. The minimum atomic E-state index is -0.426. The molecule has 1 fully saturated rings. The van der Waals surface area contributed by atoms with Crippen molar-refractivity contribution >= 4 is 15.9 Å². The summed E-state index contributed by atoms with van der Waals surface area (Å²) in [5, 5.41) is 10.7. The van der Waals surface area contributed by atoms with E-state index in [1.165, 1.54) is 12.8 Å². The van der Waals surface area contributed by atoms with Crippen molar-refractivity contribution in [1.82, 2.24) is 0 Å². The number of hydrogen-bond acceptors (Lipinski definition) is 2. The molecular weight excluding hydrogens is 304 g/mol. The van der Waals surface area contributed by atoms with E-state index in [-0.39, 0.29) is 5.60 Å². The van der Waals surface area contributed by atoms with Crippen LogP contribution in [0.5, 0.6) is 0 Å². The number of benzene rings is 1. The summed E-state index contributed by atoms with van der Waals surface area (Å²) in [6.07, 6.45) is 7.01. The van der Waals surface area contributed by atoms with E-state index in [0.717, 1.165) is 35.7 Å². The van der Waals surface area contributed by atoms with Gasteiger partial charge in [-0.15, -0.1) is 0 Å². The standard InChI is InChI=1S/C16H23BrO2/c1-19-16(9-4-2-3-5-10-16)15(18)12-13-7-6-8-14(17)11-13/h6-8,11,15,18H,2-5,9-10,12H2,1H3. The topological polar surface area (TPSA) is 29.5 Å². The molecule has 0 bridgehead atoms. The van der Waals surface area contributed by atoms with Gasteiger partial charge in [-0.2, -0.15) is 0 Å². The summed E-state index contributed by atoms with van der Waals surface area (Å²) in [7, 11) is 1.75. The lowest BCUT2D eigenvalue weighted by Gasteiger charge is -2.36. The van der Waals surface area contributed by atoms with Crippen LogP contribution in [0, 0.1) is 0 Å². The second-order valence-corrected chi connectivity index (χ2v) is 6.45. The Morgan fingerprint density at radius 3 is 2.53 bits per heavy atom. The van der Waals surface area contributed by atoms with Crippen LogP contribution in [-0.2, 0) is 11.2 Å². The molecular formula is C16H23BrO2. The number of methoxy groups -OCH3 is 1. The molecule has 0 radical (unpaired) electrons. The zero-order valence-corrected chi connectivity index (χ0v) is 13.2. The fraction of sp³-hybridized carbons (Fsp3) is 0.625. The van der Waals surface area contributed by atoms with Crippen LogP contribution < -0.4 is 0 Å². The maximum Gasteiger partial charge on any atom is 0.0939 e. The zero-order valence-electron chi connectivity index (χ0n) is 11.6. The maximum atomic E-state index is 10.7. The summed E-state index contributed by atoms with van der Waals surface area (Å²) in [4.78, 5) is 0. The highest BCUT2D eigenvalue weighted by molar-refractivity contribution is 9.10. The minimum Gasteiger partial charge on any atom is -0.390 e. The molecule has 1 aliphatic rings. The first-order chi connectivity index (χ1) is 9.16. The van der Waals surface area contributed by atoms with Gasteiger partial charge in [0, 0.05) is 18.0 Å². The van der Waals surface area contributed by atoms with Gasteiger partial charge in [0.15, 0.2) is 0 Å². The van der Waals surface area contributed by atoms with Crippen LogP contribution in [0.25, 0.3) is 0 Å². The molecule has 106 valence electrons. The van der Waals surface area contributed by atoms with Crippen molar-refractivity contribution in [3.63, 3.8) is 0 Å². The smallest absolute Gasteiger partial charge is 0.0939 e. The van der Waals surface area contributed by atoms with Crippen molar-refractivity contribution in [3.8, 4) is 0 Å². The summed E-state index contributed by atoms with van der Waals surface area (Å²) in [6.45, 7) is 0. The molecule has 0 saturated heterocycles. The van der Waals surface area contributed by atoms with Crippen LogP contribution >= 0.6 is 15.9 Å². The van der Waals surface area contributed by atoms with Gasteiger partial charge in [-0.25, -0.2) is 0 Å². The molecule has 1 aliphatic carbocycles. The summed E-state index contributed by atoms with van der Waals surface area (Å²) < 4.78 is 6.82. The first kappa shape index (κ1) is 15.0. The van der Waals surface area contributed by atoms with Crippen LogP contribution in [0.1, 0.15) is 44.1 Å². The van der Waals surface area contributed by atoms with Crippen LogP contribution in [0.2, 0.25) is 0 Å². The number of aliphatic hydroxyl groups excluding tert-OH is 1. The van der Waals surface area contributed by atoms with Gasteiger partial charge in [0.05, 0.1) is 11.7 Å². The van der Waals surface area contributed by atoms with Gasteiger partial charge in [-0.1, -0.05) is 53.7 Å². The van der Waals surface area contributed by atoms with Crippen LogP contribution in [0.15, 0.2) is 28.7 Å². The second-order valence-electron chi connectivity index (χ2n) is 5.53. The van der Waals surface area contributed by atoms with Crippen molar-refractivity contribution < 1.29 is 9.84 Å². The summed E-state index contributed by atoms with van der Waals surface area (Å²) in [6, 6.07) is 8.16. The molecule has 1 atom stereocenters. The molecule has 1 aromatic rings. The third kappa shape index (κ3) is 3.80. The van der Waals surface area contributed by atoms with E-state index in [2.05, 4.69) is 28.1 Å². The van der Waals surface area contributed by atoms with Gasteiger partial charge in [-0.05, 0) is 30.5 Å². The minimum absolute atomic E-state index is 0.348. The Labute approximate surface area is 124 Å². The molecule has 0 aliphatic heterocycles. The fourth-order valence-corrected chi connectivity index (χ4v) is 3.52. The molecule has 2 nitrogen and oxygen atoms in total. The fourth-order valence-electron chi connectivity index (χ4n) is 3.07. The summed E-state index contributed by atoms with van der Waals surface area (Å²) >= 11 is 3.48. The molecule has 1 aromatic carbocycles. The lowest BCUT2D eigenvalue weighted by molar-refractivity contribution is -0.111. The SMILES string of the molecule is COC1(C(O)Cc2cccc(Br)c2)CCCCCC1. The zero-order chi connectivity index (χ0) is 13.7. The van der Waals surface area contributed by atoms with Crippen molar-refractivity contribution in [2.24, 2.45) is 0 Å². The molecule has 1 N–H and O–H groups in total. The van der Waals surface area contributed by atoms with Crippen molar-refractivity contribution in [2.75, 3.05) is 7.11 Å². The Hall–Kier alpha value is -0.380. The van der Waals surface area contributed by atoms with E-state index in [9.17, 15) is 5.11 Å². The number of ether oxygens (including phenoxy) is 1. The summed E-state index contributed by atoms with van der Waals surface area (Å²) in [5.41, 5.74) is 0.807. The van der Waals surface area contributed by atoms with E-state index >= 15 is 0 Å². The molecule has 19 heavy (non-hydrogen) atoms. The lowest BCUT2D eigenvalue weighted by atomic mass is 9.85. The molecule has 2 rings (SSSR count). The molecule has 1 unspecified atom stereocenters. The summed E-state index contributed by atoms with van der Waals surface area (Å²) in [5.74, 6) is 0. The Kier molecular flexibility index (Phi) is 5.43. The number of aliphatic hydroxyl groups is 1. The molecule has 1 saturated carbocycles. The maximum absolute atomic E-state index is 10.7. The Balaban J connectivity index is 2.09. The van der Waals surface area contributed by atoms with E-state index in [4.69, 9.17) is 4.74 Å². The number of hydrogen-bond donors (Lipinski definition) is 1. The highest BCUT2D eigenvalue weighted by Gasteiger charge is 2.38. The molecule has 0 spiro atoms. The van der Waals surface area contributed by atoms with Crippen LogP contribution in [-0.4, -0.2) is 23.9 Å². The Morgan fingerprint density at radius 1 is 1.26 bits per heavy atom. The number of halogens is 1. The van der Waals surface area contributed by atoms with Crippen molar-refractivity contribution in [1.29, 1.82) is 0 Å². The molecule has 0 aromatic heterocycles. The van der Waals surface area contributed by atoms with Gasteiger partial charge in [-0.3, -0.25) is 0 Å². The monoisotopic (exact) mass is 326 g/mol. The van der Waals surface area contributed by atoms with Gasteiger partial charge in [0.1, 0.15) is 0 Å². The van der Waals surface area contributed by atoms with E-state index in [0.29, 0.717) is 6.42 Å². The van der Waals surface area contributed by atoms with Crippen LogP contribution in [0.4, 0.5) is 0 Å². The van der Waals surface area contributed by atoms with E-state index < -0.39 is 6.10 Å².